The Balaban J connectivity index is 2.57. The zero-order valence-corrected chi connectivity index (χ0v) is 10.8. The fraction of sp³-hybridized carbons (Fsp3) is 0.462. The molecule has 0 amide bonds. The molecular weight excluding hydrogens is 259 g/mol. The molecule has 0 saturated carbocycles. The van der Waals surface area contributed by atoms with E-state index in [1.807, 2.05) is 0 Å². The van der Waals surface area contributed by atoms with Gasteiger partial charge in [0.25, 0.3) is 0 Å². The van der Waals surface area contributed by atoms with Gasteiger partial charge in [0.05, 0.1) is 18.2 Å². The second kappa shape index (κ2) is 6.56. The highest BCUT2D eigenvalue weighted by molar-refractivity contribution is 5.71. The van der Waals surface area contributed by atoms with E-state index in [2.05, 4.69) is 5.32 Å². The highest BCUT2D eigenvalue weighted by atomic mass is 19.4. The zero-order chi connectivity index (χ0) is 14.5. The van der Waals surface area contributed by atoms with E-state index in [4.69, 9.17) is 4.74 Å². The molecule has 0 spiro atoms. The van der Waals surface area contributed by atoms with Gasteiger partial charge in [0.1, 0.15) is 0 Å². The number of halogens is 3. The summed E-state index contributed by atoms with van der Waals surface area (Å²) in [5.41, 5.74) is -0.591. The third-order valence-electron chi connectivity index (χ3n) is 2.27. The number of esters is 1. The molecule has 0 atom stereocenters. The van der Waals surface area contributed by atoms with Crippen LogP contribution in [-0.4, -0.2) is 18.6 Å². The molecular formula is C13H16F3NO2. The molecule has 1 N–H and O–H groups in total. The Labute approximate surface area is 109 Å². The Morgan fingerprint density at radius 1 is 1.32 bits per heavy atom. The van der Waals surface area contributed by atoms with Gasteiger partial charge in [-0.25, -0.2) is 0 Å². The van der Waals surface area contributed by atoms with Gasteiger partial charge < -0.3 is 10.1 Å². The highest BCUT2D eigenvalue weighted by Crippen LogP contribution is 2.31. The molecule has 0 saturated heterocycles. The van der Waals surface area contributed by atoms with Crippen LogP contribution in [0.5, 0.6) is 0 Å². The third-order valence-corrected chi connectivity index (χ3v) is 2.27. The highest BCUT2D eigenvalue weighted by Gasteiger charge is 2.32. The minimum absolute atomic E-state index is 0.0388. The molecule has 0 unspecified atom stereocenters. The summed E-state index contributed by atoms with van der Waals surface area (Å²) < 4.78 is 42.9. The van der Waals surface area contributed by atoms with Gasteiger partial charge >= 0.3 is 12.1 Å². The molecule has 0 aliphatic carbocycles. The fourth-order valence-electron chi connectivity index (χ4n) is 1.55. The van der Waals surface area contributed by atoms with Crippen LogP contribution in [0.2, 0.25) is 0 Å². The molecule has 1 aromatic rings. The van der Waals surface area contributed by atoms with Crippen molar-refractivity contribution in [2.75, 3.05) is 6.54 Å². The van der Waals surface area contributed by atoms with Crippen molar-refractivity contribution in [3.05, 3.63) is 35.4 Å². The Morgan fingerprint density at radius 3 is 2.53 bits per heavy atom. The van der Waals surface area contributed by atoms with Crippen LogP contribution in [0.25, 0.3) is 0 Å². The van der Waals surface area contributed by atoms with Gasteiger partial charge in [-0.2, -0.15) is 13.2 Å². The number of carbonyl (C=O) groups is 1. The summed E-state index contributed by atoms with van der Waals surface area (Å²) in [6, 6.07) is 5.26. The maximum Gasteiger partial charge on any atom is 0.416 e. The monoisotopic (exact) mass is 275 g/mol. The first kappa shape index (κ1) is 15.5. The lowest BCUT2D eigenvalue weighted by Gasteiger charge is -2.13. The number of benzene rings is 1. The Kier molecular flexibility index (Phi) is 5.35. The van der Waals surface area contributed by atoms with Gasteiger partial charge in [-0.05, 0) is 25.5 Å². The fourth-order valence-corrected chi connectivity index (χ4v) is 1.55. The standard InChI is InChI=1S/C13H16F3NO2/c1-9(2)19-12(18)8-17-7-10-5-3-4-6-11(10)13(14,15)16/h3-6,9,17H,7-8H2,1-2H3. The molecule has 0 aliphatic heterocycles. The van der Waals surface area contributed by atoms with Crippen LogP contribution in [0.15, 0.2) is 24.3 Å². The lowest BCUT2D eigenvalue weighted by Crippen LogP contribution is -2.27. The van der Waals surface area contributed by atoms with Crippen molar-refractivity contribution >= 4 is 5.97 Å². The molecule has 19 heavy (non-hydrogen) atoms. The maximum absolute atomic E-state index is 12.7. The number of rotatable bonds is 5. The van der Waals surface area contributed by atoms with Crippen LogP contribution in [0, 0.1) is 0 Å². The van der Waals surface area contributed by atoms with Crippen LogP contribution < -0.4 is 5.32 Å². The van der Waals surface area contributed by atoms with E-state index >= 15 is 0 Å². The minimum atomic E-state index is -4.39. The second-order valence-corrected chi connectivity index (χ2v) is 4.30. The Bertz CT molecular complexity index is 430. The van der Waals surface area contributed by atoms with Gasteiger partial charge in [-0.15, -0.1) is 0 Å². The van der Waals surface area contributed by atoms with E-state index in [1.54, 1.807) is 13.8 Å². The number of hydrogen-bond donors (Lipinski definition) is 1. The molecule has 6 heteroatoms. The van der Waals surface area contributed by atoms with Gasteiger partial charge in [0.2, 0.25) is 0 Å². The number of carbonyl (C=O) groups excluding carboxylic acids is 1. The Hall–Kier alpha value is -1.56. The van der Waals surface area contributed by atoms with E-state index in [9.17, 15) is 18.0 Å². The van der Waals surface area contributed by atoms with Gasteiger partial charge in [0, 0.05) is 6.54 Å². The summed E-state index contributed by atoms with van der Waals surface area (Å²) in [7, 11) is 0. The van der Waals surface area contributed by atoms with Crippen molar-refractivity contribution in [3.63, 3.8) is 0 Å². The summed E-state index contributed by atoms with van der Waals surface area (Å²) in [6.45, 7) is 3.25. The van der Waals surface area contributed by atoms with Crippen LogP contribution in [0.4, 0.5) is 13.2 Å². The number of hydrogen-bond acceptors (Lipinski definition) is 3. The van der Waals surface area contributed by atoms with Crippen molar-refractivity contribution in [1.82, 2.24) is 5.32 Å². The molecule has 0 aromatic heterocycles. The molecule has 0 fully saturated rings. The summed E-state index contributed by atoms with van der Waals surface area (Å²) in [5.74, 6) is -0.487. The first-order chi connectivity index (χ1) is 8.80. The SMILES string of the molecule is CC(C)OC(=O)CNCc1ccccc1C(F)(F)F. The minimum Gasteiger partial charge on any atom is -0.462 e. The molecule has 106 valence electrons. The molecule has 3 nitrogen and oxygen atoms in total. The molecule has 0 radical (unpaired) electrons. The van der Waals surface area contributed by atoms with Crippen LogP contribution in [0.3, 0.4) is 0 Å². The summed E-state index contributed by atoms with van der Waals surface area (Å²) in [6.07, 6.45) is -4.63. The number of ether oxygens (including phenoxy) is 1. The lowest BCUT2D eigenvalue weighted by atomic mass is 10.1. The first-order valence-electron chi connectivity index (χ1n) is 5.86. The smallest absolute Gasteiger partial charge is 0.416 e. The van der Waals surface area contributed by atoms with Crippen molar-refractivity contribution in [1.29, 1.82) is 0 Å². The third kappa shape index (κ3) is 5.30. The van der Waals surface area contributed by atoms with Crippen molar-refractivity contribution in [3.8, 4) is 0 Å². The normalized spacial score (nSPS) is 11.7. The van der Waals surface area contributed by atoms with Crippen molar-refractivity contribution < 1.29 is 22.7 Å². The summed E-state index contributed by atoms with van der Waals surface area (Å²) in [5, 5.41) is 2.64. The topological polar surface area (TPSA) is 38.3 Å². The van der Waals surface area contributed by atoms with Crippen LogP contribution in [-0.2, 0) is 22.3 Å². The zero-order valence-electron chi connectivity index (χ0n) is 10.8. The summed E-state index contributed by atoms with van der Waals surface area (Å²) in [4.78, 5) is 11.2. The van der Waals surface area contributed by atoms with Gasteiger partial charge in [0.15, 0.2) is 0 Å². The predicted molar refractivity (Wildman–Crippen MR) is 64.4 cm³/mol. The second-order valence-electron chi connectivity index (χ2n) is 4.30. The average Bonchev–Trinajstić information content (AvgIpc) is 2.27. The molecule has 0 aliphatic rings. The van der Waals surface area contributed by atoms with Crippen LogP contribution >= 0.6 is 0 Å². The molecule has 0 bridgehead atoms. The van der Waals surface area contributed by atoms with E-state index < -0.39 is 17.7 Å². The van der Waals surface area contributed by atoms with E-state index in [0.29, 0.717) is 0 Å². The molecule has 0 heterocycles. The average molecular weight is 275 g/mol. The van der Waals surface area contributed by atoms with Crippen molar-refractivity contribution in [2.45, 2.75) is 32.7 Å². The van der Waals surface area contributed by atoms with E-state index in [1.165, 1.54) is 18.2 Å². The van der Waals surface area contributed by atoms with E-state index in [-0.39, 0.29) is 24.8 Å². The Morgan fingerprint density at radius 2 is 1.95 bits per heavy atom. The largest absolute Gasteiger partial charge is 0.462 e. The number of alkyl halides is 3. The van der Waals surface area contributed by atoms with Gasteiger partial charge in [-0.1, -0.05) is 18.2 Å². The predicted octanol–water partition coefficient (Wildman–Crippen LogP) is 2.75. The van der Waals surface area contributed by atoms with Crippen LogP contribution in [0.1, 0.15) is 25.0 Å². The summed E-state index contributed by atoms with van der Waals surface area (Å²) >= 11 is 0. The molecule has 1 rings (SSSR count). The maximum atomic E-state index is 12.7. The number of nitrogens with one attached hydrogen (secondary N) is 1. The molecule has 1 aromatic carbocycles. The lowest BCUT2D eigenvalue weighted by molar-refractivity contribution is -0.146. The van der Waals surface area contributed by atoms with E-state index in [0.717, 1.165) is 6.07 Å². The quantitative estimate of drug-likeness (QED) is 0.840. The first-order valence-corrected chi connectivity index (χ1v) is 5.86. The van der Waals surface area contributed by atoms with Gasteiger partial charge in [-0.3, -0.25) is 4.79 Å². The van der Waals surface area contributed by atoms with Crippen molar-refractivity contribution in [2.24, 2.45) is 0 Å².